The standard InChI is InChI=1S/C18H15N5O/c24-18-21-17(22-23-18)11-19-16-10-15(12-6-2-1-3-7-12)20-14-9-5-4-8-13(14)16/h1-10H,11H2,(H,19,20)(H2,21,22,23,24). The van der Waals surface area contributed by atoms with Gasteiger partial charge in [-0.25, -0.2) is 14.9 Å². The summed E-state index contributed by atoms with van der Waals surface area (Å²) in [7, 11) is 0. The lowest BCUT2D eigenvalue weighted by molar-refractivity contribution is 0.954. The van der Waals surface area contributed by atoms with Crippen LogP contribution in [0, 0.1) is 0 Å². The van der Waals surface area contributed by atoms with E-state index >= 15 is 0 Å². The second kappa shape index (κ2) is 6.00. The van der Waals surface area contributed by atoms with Crippen LogP contribution in [0.2, 0.25) is 0 Å². The molecule has 0 bridgehead atoms. The van der Waals surface area contributed by atoms with Gasteiger partial charge in [0.25, 0.3) is 0 Å². The predicted molar refractivity (Wildman–Crippen MR) is 93.7 cm³/mol. The normalized spacial score (nSPS) is 10.8. The molecular formula is C18H15N5O. The minimum Gasteiger partial charge on any atom is -0.377 e. The molecule has 4 aromatic rings. The largest absolute Gasteiger partial charge is 0.377 e. The molecular weight excluding hydrogens is 302 g/mol. The molecule has 4 rings (SSSR count). The molecule has 2 aromatic carbocycles. The molecule has 0 aliphatic heterocycles. The third kappa shape index (κ3) is 2.77. The van der Waals surface area contributed by atoms with Crippen molar-refractivity contribution in [2.45, 2.75) is 6.54 Å². The van der Waals surface area contributed by atoms with Gasteiger partial charge in [-0.2, -0.15) is 5.10 Å². The van der Waals surface area contributed by atoms with E-state index in [-0.39, 0.29) is 5.69 Å². The van der Waals surface area contributed by atoms with Crippen LogP contribution in [0.25, 0.3) is 22.2 Å². The van der Waals surface area contributed by atoms with E-state index in [1.165, 1.54) is 0 Å². The first-order valence-electron chi connectivity index (χ1n) is 7.62. The fraction of sp³-hybridized carbons (Fsp3) is 0.0556. The number of para-hydroxylation sites is 1. The maximum absolute atomic E-state index is 11.1. The molecule has 118 valence electrons. The summed E-state index contributed by atoms with van der Waals surface area (Å²) in [5.41, 5.74) is 3.50. The van der Waals surface area contributed by atoms with Crippen molar-refractivity contribution in [1.82, 2.24) is 20.2 Å². The zero-order valence-corrected chi connectivity index (χ0v) is 12.8. The average molecular weight is 317 g/mol. The van der Waals surface area contributed by atoms with Gasteiger partial charge in [-0.3, -0.25) is 4.98 Å². The monoisotopic (exact) mass is 317 g/mol. The fourth-order valence-corrected chi connectivity index (χ4v) is 2.65. The molecule has 0 saturated carbocycles. The lowest BCUT2D eigenvalue weighted by atomic mass is 10.1. The first-order valence-corrected chi connectivity index (χ1v) is 7.62. The number of benzene rings is 2. The number of aromatic amines is 2. The summed E-state index contributed by atoms with van der Waals surface area (Å²) in [4.78, 5) is 18.5. The van der Waals surface area contributed by atoms with E-state index in [9.17, 15) is 4.79 Å². The van der Waals surface area contributed by atoms with Crippen molar-refractivity contribution >= 4 is 16.6 Å². The van der Waals surface area contributed by atoms with E-state index < -0.39 is 0 Å². The number of hydrogen-bond donors (Lipinski definition) is 3. The number of H-pyrrole nitrogens is 2. The van der Waals surface area contributed by atoms with Gasteiger partial charge in [0.2, 0.25) is 0 Å². The van der Waals surface area contributed by atoms with Gasteiger partial charge in [0, 0.05) is 16.6 Å². The molecule has 2 aromatic heterocycles. The molecule has 0 amide bonds. The number of nitrogens with one attached hydrogen (secondary N) is 3. The highest BCUT2D eigenvalue weighted by molar-refractivity contribution is 5.93. The summed E-state index contributed by atoms with van der Waals surface area (Å²) < 4.78 is 0. The minimum absolute atomic E-state index is 0.309. The summed E-state index contributed by atoms with van der Waals surface area (Å²) in [6, 6.07) is 20.0. The Morgan fingerprint density at radius 1 is 1.00 bits per heavy atom. The van der Waals surface area contributed by atoms with E-state index in [2.05, 4.69) is 20.5 Å². The predicted octanol–water partition coefficient (Wildman–Crippen LogP) is 2.93. The molecule has 0 aliphatic rings. The van der Waals surface area contributed by atoms with Gasteiger partial charge in [0.1, 0.15) is 5.82 Å². The maximum Gasteiger partial charge on any atom is 0.340 e. The third-order valence-corrected chi connectivity index (χ3v) is 3.78. The average Bonchev–Trinajstić information content (AvgIpc) is 3.05. The second-order valence-electron chi connectivity index (χ2n) is 5.42. The Bertz CT molecular complexity index is 1040. The quantitative estimate of drug-likeness (QED) is 0.540. The Balaban J connectivity index is 1.76. The molecule has 0 spiro atoms. The van der Waals surface area contributed by atoms with Gasteiger partial charge < -0.3 is 5.32 Å². The number of aromatic nitrogens is 4. The van der Waals surface area contributed by atoms with Crippen LogP contribution in [-0.2, 0) is 6.54 Å². The van der Waals surface area contributed by atoms with Crippen molar-refractivity contribution in [3.8, 4) is 11.3 Å². The summed E-state index contributed by atoms with van der Waals surface area (Å²) in [5.74, 6) is 0.558. The fourth-order valence-electron chi connectivity index (χ4n) is 2.65. The van der Waals surface area contributed by atoms with Gasteiger partial charge in [-0.05, 0) is 12.1 Å². The van der Waals surface area contributed by atoms with Crippen LogP contribution >= 0.6 is 0 Å². The SMILES string of the molecule is O=c1[nH]nc(CNc2cc(-c3ccccc3)nc3ccccc23)[nH]1. The van der Waals surface area contributed by atoms with Gasteiger partial charge in [-0.1, -0.05) is 48.5 Å². The van der Waals surface area contributed by atoms with E-state index in [1.807, 2.05) is 60.7 Å². The lowest BCUT2D eigenvalue weighted by Gasteiger charge is -2.11. The molecule has 0 radical (unpaired) electrons. The van der Waals surface area contributed by atoms with E-state index in [1.54, 1.807) is 0 Å². The van der Waals surface area contributed by atoms with Crippen LogP contribution in [0.15, 0.2) is 65.5 Å². The molecule has 6 heteroatoms. The first kappa shape index (κ1) is 14.2. The highest BCUT2D eigenvalue weighted by Crippen LogP contribution is 2.28. The summed E-state index contributed by atoms with van der Waals surface area (Å²) in [5, 5.41) is 10.6. The lowest BCUT2D eigenvalue weighted by Crippen LogP contribution is -2.05. The molecule has 0 atom stereocenters. The molecule has 6 nitrogen and oxygen atoms in total. The number of rotatable bonds is 4. The molecule has 24 heavy (non-hydrogen) atoms. The van der Waals surface area contributed by atoms with Crippen LogP contribution in [0.1, 0.15) is 5.82 Å². The smallest absolute Gasteiger partial charge is 0.340 e. The van der Waals surface area contributed by atoms with Crippen LogP contribution in [0.3, 0.4) is 0 Å². The minimum atomic E-state index is -0.309. The topological polar surface area (TPSA) is 86.5 Å². The summed E-state index contributed by atoms with van der Waals surface area (Å²) in [6.07, 6.45) is 0. The third-order valence-electron chi connectivity index (χ3n) is 3.78. The molecule has 0 fully saturated rings. The van der Waals surface area contributed by atoms with Crippen molar-refractivity contribution in [3.63, 3.8) is 0 Å². The Labute approximate surface area is 137 Å². The molecule has 0 aliphatic carbocycles. The Kier molecular flexibility index (Phi) is 3.55. The summed E-state index contributed by atoms with van der Waals surface area (Å²) >= 11 is 0. The molecule has 2 heterocycles. The number of anilines is 1. The zero-order valence-electron chi connectivity index (χ0n) is 12.8. The van der Waals surface area contributed by atoms with Crippen LogP contribution in [0.5, 0.6) is 0 Å². The number of hydrogen-bond acceptors (Lipinski definition) is 4. The Morgan fingerprint density at radius 2 is 1.79 bits per heavy atom. The Hall–Kier alpha value is -3.41. The van der Waals surface area contributed by atoms with Crippen molar-refractivity contribution in [1.29, 1.82) is 0 Å². The van der Waals surface area contributed by atoms with E-state index in [4.69, 9.17) is 4.98 Å². The van der Waals surface area contributed by atoms with Crippen LogP contribution in [-0.4, -0.2) is 20.2 Å². The maximum atomic E-state index is 11.1. The zero-order chi connectivity index (χ0) is 16.4. The number of fused-ring (bicyclic) bond motifs is 1. The first-order chi connectivity index (χ1) is 11.8. The Morgan fingerprint density at radius 3 is 2.58 bits per heavy atom. The molecule has 0 unspecified atom stereocenters. The van der Waals surface area contributed by atoms with Crippen molar-refractivity contribution < 1.29 is 0 Å². The van der Waals surface area contributed by atoms with Crippen LogP contribution in [0.4, 0.5) is 5.69 Å². The highest BCUT2D eigenvalue weighted by atomic mass is 16.1. The number of nitrogens with zero attached hydrogens (tertiary/aromatic N) is 2. The van der Waals surface area contributed by atoms with Gasteiger partial charge in [0.15, 0.2) is 0 Å². The van der Waals surface area contributed by atoms with Gasteiger partial charge >= 0.3 is 5.69 Å². The van der Waals surface area contributed by atoms with Crippen molar-refractivity contribution in [2.24, 2.45) is 0 Å². The molecule has 0 saturated heterocycles. The van der Waals surface area contributed by atoms with Crippen molar-refractivity contribution in [3.05, 3.63) is 77.0 Å². The van der Waals surface area contributed by atoms with Gasteiger partial charge in [0.05, 0.1) is 17.8 Å². The van der Waals surface area contributed by atoms with E-state index in [0.717, 1.165) is 27.8 Å². The summed E-state index contributed by atoms with van der Waals surface area (Å²) in [6.45, 7) is 0.418. The van der Waals surface area contributed by atoms with E-state index in [0.29, 0.717) is 12.4 Å². The van der Waals surface area contributed by atoms with Crippen LogP contribution < -0.4 is 11.0 Å². The molecule has 3 N–H and O–H groups in total. The van der Waals surface area contributed by atoms with Crippen molar-refractivity contribution in [2.75, 3.05) is 5.32 Å². The second-order valence-corrected chi connectivity index (χ2v) is 5.42. The highest BCUT2D eigenvalue weighted by Gasteiger charge is 2.08. The number of pyridine rings is 1. The van der Waals surface area contributed by atoms with Gasteiger partial charge in [-0.15, -0.1) is 0 Å².